The molecule has 3 amide bonds. The number of hydrogen-bond donors (Lipinski definition) is 2. The molecule has 1 aromatic rings. The number of likely N-dealkylation sites (N-methyl/N-ethyl adjacent to an activating group) is 2. The van der Waals surface area contributed by atoms with Crippen LogP contribution in [0.3, 0.4) is 0 Å². The van der Waals surface area contributed by atoms with Crippen molar-refractivity contribution in [3.8, 4) is 0 Å². The van der Waals surface area contributed by atoms with Crippen molar-refractivity contribution < 1.29 is 14.7 Å². The summed E-state index contributed by atoms with van der Waals surface area (Å²) in [5, 5.41) is 12.3. The van der Waals surface area contributed by atoms with Crippen LogP contribution in [0.15, 0.2) is 24.3 Å². The lowest BCUT2D eigenvalue weighted by Crippen LogP contribution is -2.42. The van der Waals surface area contributed by atoms with E-state index in [4.69, 9.17) is 0 Å². The summed E-state index contributed by atoms with van der Waals surface area (Å²) >= 11 is 0. The molecule has 6 nitrogen and oxygen atoms in total. The fraction of sp³-hybridized carbons (Fsp3) is 0.467. The van der Waals surface area contributed by atoms with Gasteiger partial charge in [0.2, 0.25) is 5.91 Å². The van der Waals surface area contributed by atoms with E-state index in [1.807, 2.05) is 6.92 Å². The van der Waals surface area contributed by atoms with E-state index in [1.165, 1.54) is 9.80 Å². The SMILES string of the molecule is CCN(CC(=O)N(C)C)C(=O)Nc1cccc(C(C)O)c1. The van der Waals surface area contributed by atoms with E-state index in [9.17, 15) is 14.7 Å². The van der Waals surface area contributed by atoms with Gasteiger partial charge in [-0.25, -0.2) is 4.79 Å². The molecule has 0 bridgehead atoms. The lowest BCUT2D eigenvalue weighted by atomic mass is 10.1. The maximum Gasteiger partial charge on any atom is 0.322 e. The van der Waals surface area contributed by atoms with Gasteiger partial charge >= 0.3 is 6.03 Å². The van der Waals surface area contributed by atoms with Crippen molar-refractivity contribution in [3.05, 3.63) is 29.8 Å². The highest BCUT2D eigenvalue weighted by Crippen LogP contribution is 2.17. The third kappa shape index (κ3) is 5.07. The van der Waals surface area contributed by atoms with Crippen molar-refractivity contribution in [2.45, 2.75) is 20.0 Å². The maximum atomic E-state index is 12.2. The lowest BCUT2D eigenvalue weighted by Gasteiger charge is -2.22. The summed E-state index contributed by atoms with van der Waals surface area (Å²) in [6, 6.07) is 6.66. The predicted octanol–water partition coefficient (Wildman–Crippen LogP) is 1.68. The third-order valence-electron chi connectivity index (χ3n) is 3.11. The second kappa shape index (κ2) is 7.64. The minimum absolute atomic E-state index is 0.0332. The smallest absolute Gasteiger partial charge is 0.322 e. The monoisotopic (exact) mass is 293 g/mol. The summed E-state index contributed by atoms with van der Waals surface area (Å²) in [5.74, 6) is -0.135. The van der Waals surface area contributed by atoms with Gasteiger partial charge in [-0.1, -0.05) is 12.1 Å². The molecule has 0 spiro atoms. The molecule has 0 saturated carbocycles. The first-order chi connectivity index (χ1) is 9.85. The van der Waals surface area contributed by atoms with Crippen LogP contribution in [0.1, 0.15) is 25.5 Å². The van der Waals surface area contributed by atoms with Crippen molar-refractivity contribution in [3.63, 3.8) is 0 Å². The molecule has 0 aliphatic carbocycles. The number of urea groups is 1. The zero-order chi connectivity index (χ0) is 16.0. The molecule has 0 aromatic heterocycles. The van der Waals surface area contributed by atoms with Crippen LogP contribution >= 0.6 is 0 Å². The fourth-order valence-corrected chi connectivity index (χ4v) is 1.71. The number of aliphatic hydroxyl groups is 1. The Labute approximate surface area is 125 Å². The molecular weight excluding hydrogens is 270 g/mol. The van der Waals surface area contributed by atoms with Gasteiger partial charge in [-0.05, 0) is 31.5 Å². The number of hydrogen-bond acceptors (Lipinski definition) is 3. The van der Waals surface area contributed by atoms with Crippen LogP contribution in [0.2, 0.25) is 0 Å². The Balaban J connectivity index is 2.74. The van der Waals surface area contributed by atoms with Gasteiger partial charge in [-0.3, -0.25) is 4.79 Å². The van der Waals surface area contributed by atoms with E-state index >= 15 is 0 Å². The van der Waals surface area contributed by atoms with Crippen LogP contribution in [0, 0.1) is 0 Å². The lowest BCUT2D eigenvalue weighted by molar-refractivity contribution is -0.129. The molecule has 0 heterocycles. The molecule has 1 rings (SSSR count). The van der Waals surface area contributed by atoms with Crippen molar-refractivity contribution in [2.24, 2.45) is 0 Å². The zero-order valence-corrected chi connectivity index (χ0v) is 13.0. The molecule has 0 radical (unpaired) electrons. The highest BCUT2D eigenvalue weighted by Gasteiger charge is 2.16. The summed E-state index contributed by atoms with van der Waals surface area (Å²) in [4.78, 5) is 26.7. The van der Waals surface area contributed by atoms with Crippen molar-refractivity contribution in [1.29, 1.82) is 0 Å². The first kappa shape index (κ1) is 17.0. The number of aliphatic hydroxyl groups excluding tert-OH is 1. The molecule has 0 saturated heterocycles. The molecule has 0 aliphatic heterocycles. The van der Waals surface area contributed by atoms with Gasteiger partial charge in [0, 0.05) is 26.3 Å². The number of benzene rings is 1. The second-order valence-corrected chi connectivity index (χ2v) is 5.03. The van der Waals surface area contributed by atoms with Crippen molar-refractivity contribution in [2.75, 3.05) is 32.5 Å². The molecule has 0 fully saturated rings. The van der Waals surface area contributed by atoms with E-state index in [-0.39, 0.29) is 18.5 Å². The predicted molar refractivity (Wildman–Crippen MR) is 82.0 cm³/mol. The van der Waals surface area contributed by atoms with Gasteiger partial charge < -0.3 is 20.2 Å². The molecule has 21 heavy (non-hydrogen) atoms. The summed E-state index contributed by atoms with van der Waals surface area (Å²) in [5.41, 5.74) is 1.31. The summed E-state index contributed by atoms with van der Waals surface area (Å²) in [6.45, 7) is 3.94. The first-order valence-corrected chi connectivity index (χ1v) is 6.89. The number of amides is 3. The molecular formula is C15H23N3O3. The van der Waals surface area contributed by atoms with Crippen LogP contribution in [-0.4, -0.2) is 54.0 Å². The highest BCUT2D eigenvalue weighted by atomic mass is 16.3. The van der Waals surface area contributed by atoms with Crippen molar-refractivity contribution >= 4 is 17.6 Å². The zero-order valence-electron chi connectivity index (χ0n) is 13.0. The number of nitrogens with one attached hydrogen (secondary N) is 1. The number of rotatable bonds is 5. The molecule has 1 aromatic carbocycles. The number of nitrogens with zero attached hydrogens (tertiary/aromatic N) is 2. The first-order valence-electron chi connectivity index (χ1n) is 6.89. The molecule has 2 N–H and O–H groups in total. The number of anilines is 1. The Bertz CT molecular complexity index is 501. The van der Waals surface area contributed by atoms with Crippen LogP contribution in [0.5, 0.6) is 0 Å². The second-order valence-electron chi connectivity index (χ2n) is 5.03. The highest BCUT2D eigenvalue weighted by molar-refractivity contribution is 5.92. The normalized spacial score (nSPS) is 11.7. The topological polar surface area (TPSA) is 72.9 Å². The van der Waals surface area contributed by atoms with Gasteiger partial charge in [-0.2, -0.15) is 0 Å². The van der Waals surface area contributed by atoms with Crippen LogP contribution in [0.4, 0.5) is 10.5 Å². The number of carbonyl (C=O) groups excluding carboxylic acids is 2. The van der Waals surface area contributed by atoms with E-state index < -0.39 is 6.10 Å². The van der Waals surface area contributed by atoms with Crippen LogP contribution in [0.25, 0.3) is 0 Å². The minimum atomic E-state index is -0.598. The number of carbonyl (C=O) groups is 2. The maximum absolute atomic E-state index is 12.2. The molecule has 0 aliphatic rings. The Kier molecular flexibility index (Phi) is 6.17. The van der Waals surface area contributed by atoms with Crippen molar-refractivity contribution in [1.82, 2.24) is 9.80 Å². The van der Waals surface area contributed by atoms with Gasteiger partial charge in [0.05, 0.1) is 6.10 Å². The summed E-state index contributed by atoms with van der Waals surface area (Å²) in [6.07, 6.45) is -0.598. The van der Waals surface area contributed by atoms with Crippen LogP contribution < -0.4 is 5.32 Å². The van der Waals surface area contributed by atoms with Gasteiger partial charge in [0.15, 0.2) is 0 Å². The molecule has 116 valence electrons. The Morgan fingerprint density at radius 2 is 2.00 bits per heavy atom. The Hall–Kier alpha value is -2.08. The van der Waals surface area contributed by atoms with E-state index in [1.54, 1.807) is 45.3 Å². The standard InChI is InChI=1S/C15H23N3O3/c1-5-18(10-14(20)17(3)4)15(21)16-13-8-6-7-12(9-13)11(2)19/h6-9,11,19H,5,10H2,1-4H3,(H,16,21). The quantitative estimate of drug-likeness (QED) is 0.867. The van der Waals surface area contributed by atoms with E-state index in [0.717, 1.165) is 5.56 Å². The third-order valence-corrected chi connectivity index (χ3v) is 3.11. The molecule has 1 atom stereocenters. The Morgan fingerprint density at radius 3 is 2.52 bits per heavy atom. The van der Waals surface area contributed by atoms with Gasteiger partial charge in [0.25, 0.3) is 0 Å². The fourth-order valence-electron chi connectivity index (χ4n) is 1.71. The average molecular weight is 293 g/mol. The van der Waals surface area contributed by atoms with Gasteiger partial charge in [0.1, 0.15) is 6.54 Å². The molecule has 1 unspecified atom stereocenters. The summed E-state index contributed by atoms with van der Waals surface area (Å²) < 4.78 is 0. The van der Waals surface area contributed by atoms with Crippen LogP contribution in [-0.2, 0) is 4.79 Å². The minimum Gasteiger partial charge on any atom is -0.389 e. The largest absolute Gasteiger partial charge is 0.389 e. The van der Waals surface area contributed by atoms with E-state index in [0.29, 0.717) is 12.2 Å². The average Bonchev–Trinajstić information content (AvgIpc) is 2.44. The summed E-state index contributed by atoms with van der Waals surface area (Å²) in [7, 11) is 3.31. The Morgan fingerprint density at radius 1 is 1.33 bits per heavy atom. The van der Waals surface area contributed by atoms with Gasteiger partial charge in [-0.15, -0.1) is 0 Å². The molecule has 6 heteroatoms. The van der Waals surface area contributed by atoms with E-state index in [2.05, 4.69) is 5.32 Å².